The molecule has 1 aromatic carbocycles. The van der Waals surface area contributed by atoms with Crippen molar-refractivity contribution in [2.45, 2.75) is 37.8 Å². The number of nitrogens with zero attached hydrogens (tertiary/aromatic N) is 3. The second kappa shape index (κ2) is 5.65. The zero-order chi connectivity index (χ0) is 14.7. The van der Waals surface area contributed by atoms with Crippen molar-refractivity contribution < 1.29 is 4.79 Å². The van der Waals surface area contributed by atoms with Crippen LogP contribution >= 0.6 is 0 Å². The molecule has 110 valence electrons. The van der Waals surface area contributed by atoms with E-state index in [1.807, 2.05) is 24.3 Å². The van der Waals surface area contributed by atoms with E-state index < -0.39 is 5.54 Å². The molecule has 0 atom stereocenters. The second-order valence-electron chi connectivity index (χ2n) is 5.56. The highest BCUT2D eigenvalue weighted by molar-refractivity contribution is 5.86. The van der Waals surface area contributed by atoms with Gasteiger partial charge in [-0.3, -0.25) is 4.79 Å². The predicted octanol–water partition coefficient (Wildman–Crippen LogP) is 1.15. The van der Waals surface area contributed by atoms with Gasteiger partial charge in [0.2, 0.25) is 5.91 Å². The predicted molar refractivity (Wildman–Crippen MR) is 78.6 cm³/mol. The molecule has 0 radical (unpaired) electrons. The van der Waals surface area contributed by atoms with E-state index in [1.165, 1.54) is 6.33 Å². The average Bonchev–Trinajstić information content (AvgIpc) is 3.17. The van der Waals surface area contributed by atoms with Crippen molar-refractivity contribution in [2.75, 3.05) is 0 Å². The lowest BCUT2D eigenvalue weighted by Crippen LogP contribution is -2.51. The first-order chi connectivity index (χ1) is 10.2. The summed E-state index contributed by atoms with van der Waals surface area (Å²) >= 11 is 0. The van der Waals surface area contributed by atoms with Gasteiger partial charge in [0.25, 0.3) is 0 Å². The lowest BCUT2D eigenvalue weighted by atomic mass is 9.98. The van der Waals surface area contributed by atoms with E-state index in [4.69, 9.17) is 5.73 Å². The molecule has 1 aromatic heterocycles. The largest absolute Gasteiger partial charge is 0.350 e. The number of nitrogens with two attached hydrogens (primary N) is 1. The van der Waals surface area contributed by atoms with Crippen LogP contribution in [-0.4, -0.2) is 26.2 Å². The Hall–Kier alpha value is -2.21. The second-order valence-corrected chi connectivity index (χ2v) is 5.56. The minimum Gasteiger partial charge on any atom is -0.350 e. The van der Waals surface area contributed by atoms with Gasteiger partial charge in [0.15, 0.2) is 0 Å². The highest BCUT2D eigenvalue weighted by Gasteiger charge is 2.36. The smallest absolute Gasteiger partial charge is 0.240 e. The Morgan fingerprint density at radius 3 is 2.90 bits per heavy atom. The van der Waals surface area contributed by atoms with Gasteiger partial charge in [0.05, 0.1) is 11.2 Å². The number of hydrogen-bond donors (Lipinski definition) is 2. The van der Waals surface area contributed by atoms with Crippen LogP contribution in [0.25, 0.3) is 5.69 Å². The van der Waals surface area contributed by atoms with E-state index >= 15 is 0 Å². The van der Waals surface area contributed by atoms with Gasteiger partial charge in [0.1, 0.15) is 12.7 Å². The first-order valence-electron chi connectivity index (χ1n) is 7.18. The standard InChI is InChI=1S/C15H19N5O/c16-15(6-1-2-7-15)14(21)18-9-12-4-3-5-13(8-12)20-11-17-10-19-20/h3-5,8,10-11H,1-2,6-7,9,16H2,(H,18,21). The van der Waals surface area contributed by atoms with Crippen LogP contribution in [0.3, 0.4) is 0 Å². The van der Waals surface area contributed by atoms with Crippen LogP contribution in [0.15, 0.2) is 36.9 Å². The molecule has 0 unspecified atom stereocenters. The number of aromatic nitrogens is 3. The first kappa shape index (κ1) is 13.8. The Balaban J connectivity index is 1.66. The molecule has 6 nitrogen and oxygen atoms in total. The van der Waals surface area contributed by atoms with Gasteiger partial charge in [-0.05, 0) is 30.5 Å². The maximum atomic E-state index is 12.2. The van der Waals surface area contributed by atoms with Crippen molar-refractivity contribution in [1.82, 2.24) is 20.1 Å². The van der Waals surface area contributed by atoms with Crippen molar-refractivity contribution in [3.63, 3.8) is 0 Å². The zero-order valence-corrected chi connectivity index (χ0v) is 11.8. The molecular formula is C15H19N5O. The molecule has 21 heavy (non-hydrogen) atoms. The highest BCUT2D eigenvalue weighted by Crippen LogP contribution is 2.27. The minimum absolute atomic E-state index is 0.0499. The first-order valence-corrected chi connectivity index (χ1v) is 7.18. The molecule has 6 heteroatoms. The third-order valence-corrected chi connectivity index (χ3v) is 3.99. The van der Waals surface area contributed by atoms with E-state index in [2.05, 4.69) is 15.4 Å². The van der Waals surface area contributed by atoms with Crippen molar-refractivity contribution in [3.05, 3.63) is 42.5 Å². The molecule has 1 aliphatic rings. The molecule has 2 aromatic rings. The van der Waals surface area contributed by atoms with Crippen LogP contribution < -0.4 is 11.1 Å². The number of hydrogen-bond acceptors (Lipinski definition) is 4. The number of carbonyl (C=O) groups excluding carboxylic acids is 1. The lowest BCUT2D eigenvalue weighted by molar-refractivity contribution is -0.126. The molecule has 0 saturated heterocycles. The highest BCUT2D eigenvalue weighted by atomic mass is 16.2. The Kier molecular flexibility index (Phi) is 3.70. The third kappa shape index (κ3) is 2.95. The molecule has 1 aliphatic carbocycles. The fourth-order valence-electron chi connectivity index (χ4n) is 2.74. The van der Waals surface area contributed by atoms with E-state index in [1.54, 1.807) is 11.0 Å². The molecular weight excluding hydrogens is 266 g/mol. The number of rotatable bonds is 4. The number of carbonyl (C=O) groups is 1. The van der Waals surface area contributed by atoms with Gasteiger partial charge >= 0.3 is 0 Å². The minimum atomic E-state index is -0.677. The van der Waals surface area contributed by atoms with E-state index in [-0.39, 0.29) is 5.91 Å². The van der Waals surface area contributed by atoms with Crippen molar-refractivity contribution in [3.8, 4) is 5.69 Å². The van der Waals surface area contributed by atoms with Gasteiger partial charge in [-0.1, -0.05) is 25.0 Å². The normalized spacial score (nSPS) is 16.8. The molecule has 1 amide bonds. The van der Waals surface area contributed by atoms with E-state index in [0.717, 1.165) is 36.9 Å². The third-order valence-electron chi connectivity index (χ3n) is 3.99. The molecule has 1 saturated carbocycles. The van der Waals surface area contributed by atoms with Gasteiger partial charge in [-0.25, -0.2) is 9.67 Å². The van der Waals surface area contributed by atoms with E-state index in [9.17, 15) is 4.79 Å². The van der Waals surface area contributed by atoms with Gasteiger partial charge in [0, 0.05) is 6.54 Å². The van der Waals surface area contributed by atoms with Crippen molar-refractivity contribution in [1.29, 1.82) is 0 Å². The van der Waals surface area contributed by atoms with Gasteiger partial charge in [-0.15, -0.1) is 0 Å². The summed E-state index contributed by atoms with van der Waals surface area (Å²) in [6.07, 6.45) is 6.75. The van der Waals surface area contributed by atoms with Crippen LogP contribution in [0.1, 0.15) is 31.2 Å². The molecule has 3 rings (SSSR count). The summed E-state index contributed by atoms with van der Waals surface area (Å²) in [5.74, 6) is -0.0499. The van der Waals surface area contributed by atoms with Crippen LogP contribution in [-0.2, 0) is 11.3 Å². The Labute approximate surface area is 123 Å². The lowest BCUT2D eigenvalue weighted by Gasteiger charge is -2.22. The van der Waals surface area contributed by atoms with E-state index in [0.29, 0.717) is 6.54 Å². The average molecular weight is 285 g/mol. The monoisotopic (exact) mass is 285 g/mol. The summed E-state index contributed by atoms with van der Waals surface area (Å²) in [4.78, 5) is 16.1. The number of amides is 1. The van der Waals surface area contributed by atoms with Crippen LogP contribution in [0.5, 0.6) is 0 Å². The summed E-state index contributed by atoms with van der Waals surface area (Å²) in [5.41, 5.74) is 7.39. The maximum absolute atomic E-state index is 12.2. The fraction of sp³-hybridized carbons (Fsp3) is 0.400. The maximum Gasteiger partial charge on any atom is 0.240 e. The van der Waals surface area contributed by atoms with Gasteiger partial charge in [-0.2, -0.15) is 5.10 Å². The molecule has 1 fully saturated rings. The SMILES string of the molecule is NC1(C(=O)NCc2cccc(-n3cncn3)c2)CCCC1. The summed E-state index contributed by atoms with van der Waals surface area (Å²) < 4.78 is 1.69. The van der Waals surface area contributed by atoms with Crippen LogP contribution in [0, 0.1) is 0 Å². The molecule has 0 bridgehead atoms. The Morgan fingerprint density at radius 2 is 2.19 bits per heavy atom. The van der Waals surface area contributed by atoms with Crippen molar-refractivity contribution in [2.24, 2.45) is 5.73 Å². The topological polar surface area (TPSA) is 85.8 Å². The molecule has 3 N–H and O–H groups in total. The molecule has 1 heterocycles. The summed E-state index contributed by atoms with van der Waals surface area (Å²) in [6, 6.07) is 7.83. The zero-order valence-electron chi connectivity index (χ0n) is 11.8. The summed E-state index contributed by atoms with van der Waals surface area (Å²) in [6.45, 7) is 0.473. The molecule has 0 spiro atoms. The van der Waals surface area contributed by atoms with Crippen molar-refractivity contribution >= 4 is 5.91 Å². The Morgan fingerprint density at radius 1 is 1.38 bits per heavy atom. The quantitative estimate of drug-likeness (QED) is 0.882. The Bertz CT molecular complexity index is 617. The van der Waals surface area contributed by atoms with Crippen LogP contribution in [0.2, 0.25) is 0 Å². The summed E-state index contributed by atoms with van der Waals surface area (Å²) in [5, 5.41) is 7.04. The summed E-state index contributed by atoms with van der Waals surface area (Å²) in [7, 11) is 0. The van der Waals surface area contributed by atoms with Gasteiger partial charge < -0.3 is 11.1 Å². The molecule has 0 aliphatic heterocycles. The number of benzene rings is 1. The van der Waals surface area contributed by atoms with Crippen LogP contribution in [0.4, 0.5) is 0 Å². The number of nitrogens with one attached hydrogen (secondary N) is 1. The fourth-order valence-corrected chi connectivity index (χ4v) is 2.74.